The molecule has 0 bridgehead atoms. The minimum atomic E-state index is -1.42. The maximum Gasteiger partial charge on any atom is 4.00 e. The molecule has 0 nitrogen and oxygen atoms in total. The second-order valence-corrected chi connectivity index (χ2v) is 10.1. The summed E-state index contributed by atoms with van der Waals surface area (Å²) in [5, 5.41) is 3.34. The van der Waals surface area contributed by atoms with Crippen molar-refractivity contribution in [3.8, 4) is 0 Å². The van der Waals surface area contributed by atoms with Crippen LogP contribution in [0.2, 0.25) is 12.1 Å². The molecule has 1 aromatic rings. The van der Waals surface area contributed by atoms with Gasteiger partial charge in [-0.3, -0.25) is 6.08 Å². The Kier molecular flexibility index (Phi) is 11.7. The first-order chi connectivity index (χ1) is 8.72. The molecule has 5 heteroatoms. The van der Waals surface area contributed by atoms with E-state index in [0.717, 1.165) is 0 Å². The van der Waals surface area contributed by atoms with Crippen LogP contribution in [-0.2, 0) is 21.7 Å². The summed E-state index contributed by atoms with van der Waals surface area (Å²) in [7, 11) is -1.42. The van der Waals surface area contributed by atoms with Crippen LogP contribution in [0.15, 0.2) is 47.2 Å². The van der Waals surface area contributed by atoms with Crippen LogP contribution < -0.4 is 42.4 Å². The largest absolute Gasteiger partial charge is 4.00 e. The molecule has 0 saturated carbocycles. The second kappa shape index (κ2) is 10.4. The van der Waals surface area contributed by atoms with Gasteiger partial charge in [0, 0.05) is 8.07 Å². The molecule has 1 aromatic carbocycles. The van der Waals surface area contributed by atoms with Gasteiger partial charge in [0.2, 0.25) is 0 Å². The first-order valence-electron chi connectivity index (χ1n) is 7.11. The van der Waals surface area contributed by atoms with Gasteiger partial charge in [-0.1, -0.05) is 80.2 Å². The fourth-order valence-corrected chi connectivity index (χ4v) is 9.38. The van der Waals surface area contributed by atoms with Crippen molar-refractivity contribution in [3.63, 3.8) is 0 Å². The van der Waals surface area contributed by atoms with E-state index >= 15 is 0 Å². The van der Waals surface area contributed by atoms with Crippen LogP contribution in [-0.4, -0.2) is 8.07 Å². The van der Waals surface area contributed by atoms with Gasteiger partial charge in [0.1, 0.15) is 0 Å². The third-order valence-corrected chi connectivity index (χ3v) is 9.99. The van der Waals surface area contributed by atoms with E-state index in [4.69, 9.17) is 0 Å². The van der Waals surface area contributed by atoms with Crippen molar-refractivity contribution in [3.05, 3.63) is 53.3 Å². The zero-order valence-electron chi connectivity index (χ0n) is 13.0. The average Bonchev–Trinajstić information content (AvgIpc) is 2.98. The summed E-state index contributed by atoms with van der Waals surface area (Å²) < 4.78 is 0. The van der Waals surface area contributed by atoms with E-state index in [2.05, 4.69) is 56.3 Å². The number of rotatable bonds is 2. The summed E-state index contributed by atoms with van der Waals surface area (Å²) in [6, 6.07) is 14.2. The van der Waals surface area contributed by atoms with Crippen LogP contribution >= 0.6 is 0 Å². The summed E-state index contributed by atoms with van der Waals surface area (Å²) in [5.74, 6) is 0.522. The van der Waals surface area contributed by atoms with Gasteiger partial charge in [-0.25, -0.2) is 5.57 Å². The summed E-state index contributed by atoms with van der Waals surface area (Å²) in [6.45, 7) is 4.53. The summed E-state index contributed by atoms with van der Waals surface area (Å²) in [6.07, 6.45) is 8.93. The number of hydrogen-bond donors (Lipinski definition) is 0. The number of allylic oxidation sites excluding steroid dienone is 4. The zero-order valence-corrected chi connectivity index (χ0v) is 17.8. The molecule has 0 radical (unpaired) electrons. The molecule has 1 fully saturated rings. The quantitative estimate of drug-likeness (QED) is 0.340. The molecule has 1 heterocycles. The number of hydrogen-bond acceptors (Lipinski definition) is 0. The molecule has 1 unspecified atom stereocenters. The maximum absolute atomic E-state index is 3.60. The minimum absolute atomic E-state index is 0. The maximum atomic E-state index is 3.60. The number of benzene rings is 1. The third-order valence-electron chi connectivity index (χ3n) is 4.56. The van der Waals surface area contributed by atoms with Crippen molar-refractivity contribution in [2.75, 3.05) is 0 Å². The third kappa shape index (κ3) is 4.53. The normalized spacial score (nSPS) is 21.3. The Hall–Kier alpha value is 0.501. The molecule has 2 aliphatic rings. The molecule has 3 rings (SSSR count). The van der Waals surface area contributed by atoms with Crippen molar-refractivity contribution in [2.45, 2.75) is 38.8 Å². The predicted octanol–water partition coefficient (Wildman–Crippen LogP) is -4.99. The Labute approximate surface area is 169 Å². The Balaban J connectivity index is 0. The molecular formula is C17H21Cl3SiTi. The first-order valence-corrected chi connectivity index (χ1v) is 9.52. The molecule has 0 spiro atoms. The van der Waals surface area contributed by atoms with Gasteiger partial charge in [0.05, 0.1) is 0 Å². The van der Waals surface area contributed by atoms with E-state index in [0.29, 0.717) is 5.92 Å². The van der Waals surface area contributed by atoms with E-state index in [1.807, 2.05) is 0 Å². The van der Waals surface area contributed by atoms with Crippen molar-refractivity contribution in [1.29, 1.82) is 0 Å². The second-order valence-electron chi connectivity index (χ2n) is 5.79. The molecule has 1 atom stereocenters. The van der Waals surface area contributed by atoms with Gasteiger partial charge < -0.3 is 37.2 Å². The van der Waals surface area contributed by atoms with Crippen molar-refractivity contribution in [2.24, 2.45) is 5.92 Å². The van der Waals surface area contributed by atoms with E-state index in [9.17, 15) is 0 Å². The molecule has 1 aliphatic carbocycles. The molecule has 0 N–H and O–H groups in total. The summed E-state index contributed by atoms with van der Waals surface area (Å²) >= 11 is 0. The predicted molar refractivity (Wildman–Crippen MR) is 80.4 cm³/mol. The monoisotopic (exact) mass is 406 g/mol. The van der Waals surface area contributed by atoms with Crippen molar-refractivity contribution < 1.29 is 58.9 Å². The molecule has 0 amide bonds. The van der Waals surface area contributed by atoms with Crippen LogP contribution in [0.5, 0.6) is 0 Å². The number of halogens is 3. The SMILES string of the molecule is CC1=[C-]C(C)C=C1[Si]1(c2ccccc2)CCCC1.[Cl-].[Cl-].[Cl-].[Ti+4]. The molecular weight excluding hydrogens is 386 g/mol. The Morgan fingerprint density at radius 3 is 2.00 bits per heavy atom. The van der Waals surface area contributed by atoms with Gasteiger partial charge >= 0.3 is 21.7 Å². The van der Waals surface area contributed by atoms with Crippen LogP contribution in [0.1, 0.15) is 26.7 Å². The van der Waals surface area contributed by atoms with Gasteiger partial charge in [0.15, 0.2) is 0 Å². The van der Waals surface area contributed by atoms with Crippen LogP contribution in [0.4, 0.5) is 0 Å². The summed E-state index contributed by atoms with van der Waals surface area (Å²) in [4.78, 5) is 0. The average molecular weight is 408 g/mol. The topological polar surface area (TPSA) is 0 Å². The first kappa shape index (κ1) is 24.7. The molecule has 0 aromatic heterocycles. The van der Waals surface area contributed by atoms with Gasteiger partial charge in [-0.2, -0.15) is 11.3 Å². The van der Waals surface area contributed by atoms with Crippen molar-refractivity contribution >= 4 is 13.3 Å². The van der Waals surface area contributed by atoms with Gasteiger partial charge in [-0.05, 0) is 0 Å². The molecule has 118 valence electrons. The molecule has 1 saturated heterocycles. The van der Waals surface area contributed by atoms with E-state index in [1.54, 1.807) is 10.4 Å². The fraction of sp³-hybridized carbons (Fsp3) is 0.412. The molecule has 1 aliphatic heterocycles. The molecule has 22 heavy (non-hydrogen) atoms. The van der Waals surface area contributed by atoms with Crippen molar-refractivity contribution in [1.82, 2.24) is 0 Å². The Bertz CT molecular complexity index is 508. The smallest absolute Gasteiger partial charge is 1.00 e. The summed E-state index contributed by atoms with van der Waals surface area (Å²) in [5.41, 5.74) is 1.44. The van der Waals surface area contributed by atoms with Crippen LogP contribution in [0.25, 0.3) is 0 Å². The van der Waals surface area contributed by atoms with E-state index in [-0.39, 0.29) is 58.9 Å². The fourth-order valence-electron chi connectivity index (χ4n) is 3.80. The van der Waals surface area contributed by atoms with E-state index in [1.165, 1.54) is 30.5 Å². The van der Waals surface area contributed by atoms with Gasteiger partial charge in [0.25, 0.3) is 0 Å². The van der Waals surface area contributed by atoms with Gasteiger partial charge in [-0.15, -0.1) is 0 Å². The minimum Gasteiger partial charge on any atom is -1.00 e. The Morgan fingerprint density at radius 2 is 1.55 bits per heavy atom. The standard InChI is InChI=1S/C17H21Si.3ClH.Ti/c1-14-12-15(2)17(13-14)18(10-6-7-11-18)16-8-4-3-5-9-16;;;;/h3-5,8-9,13-14H,6-7,10-11H2,1-2H3;3*1H;/q-1;;;;+4/p-3. The van der Waals surface area contributed by atoms with E-state index < -0.39 is 8.07 Å². The van der Waals surface area contributed by atoms with Crippen LogP contribution in [0, 0.1) is 12.0 Å². The zero-order chi connectivity index (χ0) is 12.6. The Morgan fingerprint density at radius 1 is 1.00 bits per heavy atom. The van der Waals surface area contributed by atoms with Crippen LogP contribution in [0.3, 0.4) is 0 Å².